The van der Waals surface area contributed by atoms with Gasteiger partial charge in [0.15, 0.2) is 0 Å². The number of anilines is 2. The van der Waals surface area contributed by atoms with Gasteiger partial charge in [0.1, 0.15) is 11.6 Å². The van der Waals surface area contributed by atoms with Crippen molar-refractivity contribution < 1.29 is 4.39 Å². The molecule has 1 aromatic carbocycles. The van der Waals surface area contributed by atoms with Gasteiger partial charge in [-0.1, -0.05) is 6.07 Å². The molecule has 2 aromatic rings. The molecule has 1 heterocycles. The third kappa shape index (κ3) is 3.14. The molecule has 1 aliphatic rings. The Kier molecular flexibility index (Phi) is 3.65. The Bertz CT molecular complexity index is 561. The van der Waals surface area contributed by atoms with Gasteiger partial charge in [-0.05, 0) is 48.7 Å². The number of pyridine rings is 1. The third-order valence-electron chi connectivity index (χ3n) is 3.54. The lowest BCUT2D eigenvalue weighted by atomic mass is 10.2. The molecule has 4 heteroatoms. The molecule has 1 aromatic heterocycles. The minimum Gasteiger partial charge on any atom is -0.329 e. The molecule has 1 N–H and O–H groups in total. The van der Waals surface area contributed by atoms with E-state index < -0.39 is 0 Å². The molecule has 0 aliphatic heterocycles. The SMILES string of the molecule is CN(c1ccc(F)cc1)c1ccc(CNC2CC2)cn1. The first-order valence-electron chi connectivity index (χ1n) is 6.90. The largest absolute Gasteiger partial charge is 0.329 e. The van der Waals surface area contributed by atoms with Gasteiger partial charge in [-0.15, -0.1) is 0 Å². The lowest BCUT2D eigenvalue weighted by Crippen LogP contribution is -2.16. The predicted octanol–water partition coefficient (Wildman–Crippen LogP) is 3.24. The Morgan fingerprint density at radius 1 is 1.20 bits per heavy atom. The van der Waals surface area contributed by atoms with Crippen LogP contribution in [0.1, 0.15) is 18.4 Å². The average Bonchev–Trinajstić information content (AvgIpc) is 3.30. The Morgan fingerprint density at radius 2 is 1.95 bits per heavy atom. The molecule has 0 radical (unpaired) electrons. The van der Waals surface area contributed by atoms with Crippen molar-refractivity contribution in [3.05, 3.63) is 54.0 Å². The molecule has 3 rings (SSSR count). The summed E-state index contributed by atoms with van der Waals surface area (Å²) in [6, 6.07) is 11.2. The summed E-state index contributed by atoms with van der Waals surface area (Å²) in [6.45, 7) is 0.873. The van der Waals surface area contributed by atoms with Gasteiger partial charge in [0.2, 0.25) is 0 Å². The molecule has 1 saturated carbocycles. The van der Waals surface area contributed by atoms with Gasteiger partial charge in [-0.3, -0.25) is 0 Å². The number of halogens is 1. The van der Waals surface area contributed by atoms with E-state index in [2.05, 4.69) is 16.4 Å². The average molecular weight is 271 g/mol. The van der Waals surface area contributed by atoms with E-state index in [9.17, 15) is 4.39 Å². The zero-order valence-electron chi connectivity index (χ0n) is 11.5. The van der Waals surface area contributed by atoms with Crippen molar-refractivity contribution in [3.63, 3.8) is 0 Å². The van der Waals surface area contributed by atoms with Crippen LogP contribution < -0.4 is 10.2 Å². The van der Waals surface area contributed by atoms with Crippen molar-refractivity contribution in [3.8, 4) is 0 Å². The highest BCUT2D eigenvalue weighted by Crippen LogP contribution is 2.22. The van der Waals surface area contributed by atoms with Gasteiger partial charge in [0, 0.05) is 31.5 Å². The van der Waals surface area contributed by atoms with Crippen molar-refractivity contribution >= 4 is 11.5 Å². The van der Waals surface area contributed by atoms with Crippen molar-refractivity contribution in [2.45, 2.75) is 25.4 Å². The van der Waals surface area contributed by atoms with Crippen molar-refractivity contribution in [2.24, 2.45) is 0 Å². The second-order valence-electron chi connectivity index (χ2n) is 5.22. The number of nitrogens with zero attached hydrogens (tertiary/aromatic N) is 2. The van der Waals surface area contributed by atoms with Crippen LogP contribution in [0.3, 0.4) is 0 Å². The lowest BCUT2D eigenvalue weighted by Gasteiger charge is -2.18. The second kappa shape index (κ2) is 5.59. The van der Waals surface area contributed by atoms with E-state index >= 15 is 0 Å². The third-order valence-corrected chi connectivity index (χ3v) is 3.54. The molecule has 0 saturated heterocycles. The van der Waals surface area contributed by atoms with Crippen LogP contribution in [0.2, 0.25) is 0 Å². The fraction of sp³-hybridized carbons (Fsp3) is 0.312. The summed E-state index contributed by atoms with van der Waals surface area (Å²) >= 11 is 0. The molecule has 20 heavy (non-hydrogen) atoms. The molecule has 0 atom stereocenters. The summed E-state index contributed by atoms with van der Waals surface area (Å²) < 4.78 is 12.9. The summed E-state index contributed by atoms with van der Waals surface area (Å²) in [5.74, 6) is 0.628. The van der Waals surface area contributed by atoms with Crippen LogP contribution in [-0.4, -0.2) is 18.1 Å². The van der Waals surface area contributed by atoms with Gasteiger partial charge >= 0.3 is 0 Å². The number of nitrogens with one attached hydrogen (secondary N) is 1. The Morgan fingerprint density at radius 3 is 2.55 bits per heavy atom. The van der Waals surface area contributed by atoms with Crippen LogP contribution in [0.15, 0.2) is 42.6 Å². The van der Waals surface area contributed by atoms with Crippen molar-refractivity contribution in [1.82, 2.24) is 10.3 Å². The highest BCUT2D eigenvalue weighted by atomic mass is 19.1. The number of rotatable bonds is 5. The second-order valence-corrected chi connectivity index (χ2v) is 5.22. The Labute approximate surface area is 118 Å². The van der Waals surface area contributed by atoms with Gasteiger partial charge < -0.3 is 10.2 Å². The van der Waals surface area contributed by atoms with E-state index in [1.165, 1.54) is 30.5 Å². The van der Waals surface area contributed by atoms with Gasteiger partial charge in [-0.25, -0.2) is 9.37 Å². The lowest BCUT2D eigenvalue weighted by molar-refractivity contribution is 0.628. The maximum atomic E-state index is 12.9. The van der Waals surface area contributed by atoms with E-state index in [0.717, 1.165) is 18.1 Å². The first kappa shape index (κ1) is 13.1. The molecule has 1 fully saturated rings. The molecular formula is C16H18FN3. The van der Waals surface area contributed by atoms with Crippen LogP contribution >= 0.6 is 0 Å². The van der Waals surface area contributed by atoms with E-state index in [-0.39, 0.29) is 5.82 Å². The minimum atomic E-state index is -0.225. The number of hydrogen-bond donors (Lipinski definition) is 1. The number of benzene rings is 1. The molecule has 3 nitrogen and oxygen atoms in total. The highest BCUT2D eigenvalue weighted by Gasteiger charge is 2.19. The van der Waals surface area contributed by atoms with E-state index in [1.807, 2.05) is 24.2 Å². The van der Waals surface area contributed by atoms with Gasteiger partial charge in [-0.2, -0.15) is 0 Å². The maximum Gasteiger partial charge on any atom is 0.132 e. The van der Waals surface area contributed by atoms with E-state index in [4.69, 9.17) is 0 Å². The monoisotopic (exact) mass is 271 g/mol. The molecule has 104 valence electrons. The fourth-order valence-corrected chi connectivity index (χ4v) is 2.07. The molecule has 0 spiro atoms. The van der Waals surface area contributed by atoms with Crippen LogP contribution in [0.25, 0.3) is 0 Å². The Balaban J connectivity index is 1.67. The van der Waals surface area contributed by atoms with Crippen molar-refractivity contribution in [1.29, 1.82) is 0 Å². The highest BCUT2D eigenvalue weighted by molar-refractivity contribution is 5.58. The predicted molar refractivity (Wildman–Crippen MR) is 78.6 cm³/mol. The molecule has 0 unspecified atom stereocenters. The first-order valence-corrected chi connectivity index (χ1v) is 6.90. The van der Waals surface area contributed by atoms with Gasteiger partial charge in [0.25, 0.3) is 0 Å². The van der Waals surface area contributed by atoms with Crippen LogP contribution in [0.4, 0.5) is 15.9 Å². The zero-order chi connectivity index (χ0) is 13.9. The summed E-state index contributed by atoms with van der Waals surface area (Å²) in [4.78, 5) is 6.41. The summed E-state index contributed by atoms with van der Waals surface area (Å²) in [6.07, 6.45) is 4.47. The number of aromatic nitrogens is 1. The summed E-state index contributed by atoms with van der Waals surface area (Å²) in [5.41, 5.74) is 2.11. The number of hydrogen-bond acceptors (Lipinski definition) is 3. The minimum absolute atomic E-state index is 0.225. The summed E-state index contributed by atoms with van der Waals surface area (Å²) in [7, 11) is 1.93. The van der Waals surface area contributed by atoms with Crippen LogP contribution in [0, 0.1) is 5.82 Å². The Hall–Kier alpha value is -1.94. The molecular weight excluding hydrogens is 253 g/mol. The van der Waals surface area contributed by atoms with Gasteiger partial charge in [0.05, 0.1) is 0 Å². The fourth-order valence-electron chi connectivity index (χ4n) is 2.07. The smallest absolute Gasteiger partial charge is 0.132 e. The van der Waals surface area contributed by atoms with Crippen LogP contribution in [-0.2, 0) is 6.54 Å². The van der Waals surface area contributed by atoms with E-state index in [0.29, 0.717) is 6.04 Å². The zero-order valence-corrected chi connectivity index (χ0v) is 11.5. The first-order chi connectivity index (χ1) is 9.72. The van der Waals surface area contributed by atoms with E-state index in [1.54, 1.807) is 12.1 Å². The molecule has 0 bridgehead atoms. The molecule has 0 amide bonds. The van der Waals surface area contributed by atoms with Crippen LogP contribution in [0.5, 0.6) is 0 Å². The van der Waals surface area contributed by atoms with Crippen molar-refractivity contribution in [2.75, 3.05) is 11.9 Å². The quantitative estimate of drug-likeness (QED) is 0.905. The maximum absolute atomic E-state index is 12.9. The standard InChI is InChI=1S/C16H18FN3/c1-20(15-7-3-13(17)4-8-15)16-9-2-12(11-19-16)10-18-14-5-6-14/h2-4,7-9,11,14,18H,5-6,10H2,1H3. The summed E-state index contributed by atoms with van der Waals surface area (Å²) in [5, 5.41) is 3.46. The topological polar surface area (TPSA) is 28.2 Å². The molecule has 1 aliphatic carbocycles. The normalized spacial score (nSPS) is 14.3.